The maximum absolute atomic E-state index is 2.23. The minimum atomic E-state index is 1.15. The molecule has 0 aromatic carbocycles. The third kappa shape index (κ3) is 2.52. The molecule has 16 heavy (non-hydrogen) atoms. The average Bonchev–Trinajstić information content (AvgIpc) is 2.95. The van der Waals surface area contributed by atoms with Crippen LogP contribution in [0.3, 0.4) is 0 Å². The highest BCUT2D eigenvalue weighted by Crippen LogP contribution is 2.22. The van der Waals surface area contributed by atoms with Gasteiger partial charge in [-0.1, -0.05) is 59.8 Å². The normalized spacial score (nSPS) is 16.6. The summed E-state index contributed by atoms with van der Waals surface area (Å²) in [6, 6.07) is 0. The Balaban J connectivity index is 1.98. The third-order valence-electron chi connectivity index (χ3n) is 3.19. The van der Waals surface area contributed by atoms with Crippen molar-refractivity contribution in [2.45, 2.75) is 26.7 Å². The van der Waals surface area contributed by atoms with Gasteiger partial charge in [0, 0.05) is 0 Å². The monoisotopic (exact) mass is 210 g/mol. The van der Waals surface area contributed by atoms with Gasteiger partial charge in [-0.25, -0.2) is 0 Å². The number of hydrogen-bond acceptors (Lipinski definition) is 0. The Labute approximate surface area is 98.1 Å². The Bertz CT molecular complexity index is 376. The van der Waals surface area contributed by atoms with Gasteiger partial charge in [0.1, 0.15) is 0 Å². The average molecular weight is 210 g/mol. The lowest BCUT2D eigenvalue weighted by Crippen LogP contribution is -1.86. The summed E-state index contributed by atoms with van der Waals surface area (Å²) < 4.78 is 0. The van der Waals surface area contributed by atoms with Crippen molar-refractivity contribution in [3.63, 3.8) is 0 Å². The van der Waals surface area contributed by atoms with Crippen LogP contribution in [-0.2, 0) is 0 Å². The van der Waals surface area contributed by atoms with Gasteiger partial charge in [0.15, 0.2) is 0 Å². The topological polar surface area (TPSA) is 0 Å². The first kappa shape index (κ1) is 10.9. The molecule has 82 valence electrons. The summed E-state index contributed by atoms with van der Waals surface area (Å²) in [5.74, 6) is 0. The van der Waals surface area contributed by atoms with Crippen molar-refractivity contribution in [3.05, 3.63) is 70.9 Å². The molecule has 0 aromatic heterocycles. The molecule has 0 aliphatic heterocycles. The van der Waals surface area contributed by atoms with Crippen LogP contribution in [0.25, 0.3) is 0 Å². The summed E-state index contributed by atoms with van der Waals surface area (Å²) in [4.78, 5) is 0. The van der Waals surface area contributed by atoms with Gasteiger partial charge in [0.05, 0.1) is 0 Å². The van der Waals surface area contributed by atoms with Crippen LogP contribution in [0.5, 0.6) is 0 Å². The van der Waals surface area contributed by atoms with Crippen molar-refractivity contribution in [2.75, 3.05) is 0 Å². The van der Waals surface area contributed by atoms with Crippen LogP contribution in [0.2, 0.25) is 0 Å². The fourth-order valence-electron chi connectivity index (χ4n) is 1.98. The molecule has 0 aromatic rings. The molecule has 0 bridgehead atoms. The first-order chi connectivity index (χ1) is 7.77. The maximum atomic E-state index is 2.23. The minimum Gasteiger partial charge on any atom is -0.0658 e. The quantitative estimate of drug-likeness (QED) is 0.636. The van der Waals surface area contributed by atoms with Crippen LogP contribution in [0.4, 0.5) is 0 Å². The summed E-state index contributed by atoms with van der Waals surface area (Å²) in [7, 11) is 0. The lowest BCUT2D eigenvalue weighted by Gasteiger charge is -2.06. The van der Waals surface area contributed by atoms with Gasteiger partial charge in [0.25, 0.3) is 0 Å². The number of rotatable bonds is 3. The van der Waals surface area contributed by atoms with Crippen molar-refractivity contribution < 1.29 is 0 Å². The highest BCUT2D eigenvalue weighted by atomic mass is 14.1. The largest absolute Gasteiger partial charge is 0.0658 e. The maximum Gasteiger partial charge on any atom is -0.0267 e. The second-order valence-electron chi connectivity index (χ2n) is 4.41. The minimum absolute atomic E-state index is 1.15. The highest BCUT2D eigenvalue weighted by Gasteiger charge is 2.02. The predicted molar refractivity (Wildman–Crippen MR) is 71.2 cm³/mol. The number of allylic oxidation sites excluding steroid dienone is 12. The molecule has 0 saturated heterocycles. The molecule has 0 atom stereocenters. The molecule has 0 heteroatoms. The molecular weight excluding hydrogens is 192 g/mol. The first-order valence-electron chi connectivity index (χ1n) is 5.86. The fourth-order valence-corrected chi connectivity index (χ4v) is 1.98. The lowest BCUT2D eigenvalue weighted by atomic mass is 10.00. The smallest absolute Gasteiger partial charge is 0.0267 e. The molecule has 0 amide bonds. The molecule has 2 aliphatic rings. The van der Waals surface area contributed by atoms with E-state index in [1.54, 1.807) is 0 Å². The molecule has 0 saturated carbocycles. The second-order valence-corrected chi connectivity index (χ2v) is 4.41. The van der Waals surface area contributed by atoms with Gasteiger partial charge >= 0.3 is 0 Å². The van der Waals surface area contributed by atoms with E-state index < -0.39 is 0 Å². The Morgan fingerprint density at radius 1 is 0.688 bits per heavy atom. The van der Waals surface area contributed by atoms with E-state index in [0.717, 1.165) is 12.8 Å². The fraction of sp³-hybridized carbons (Fsp3) is 0.250. The van der Waals surface area contributed by atoms with Crippen LogP contribution in [-0.4, -0.2) is 0 Å². The predicted octanol–water partition coefficient (Wildman–Crippen LogP) is 4.65. The Kier molecular flexibility index (Phi) is 3.40. The van der Waals surface area contributed by atoms with E-state index in [4.69, 9.17) is 0 Å². The molecule has 0 spiro atoms. The highest BCUT2D eigenvalue weighted by molar-refractivity contribution is 5.45. The Hall–Kier alpha value is -1.56. The van der Waals surface area contributed by atoms with Crippen LogP contribution >= 0.6 is 0 Å². The van der Waals surface area contributed by atoms with Crippen molar-refractivity contribution >= 4 is 0 Å². The van der Waals surface area contributed by atoms with Gasteiger partial charge in [-0.15, -0.1) is 0 Å². The molecular formula is C16H18. The summed E-state index contributed by atoms with van der Waals surface area (Å²) in [5, 5.41) is 0. The summed E-state index contributed by atoms with van der Waals surface area (Å²) in [5.41, 5.74) is 5.73. The Morgan fingerprint density at radius 2 is 1.00 bits per heavy atom. The van der Waals surface area contributed by atoms with E-state index in [2.05, 4.69) is 62.5 Å². The van der Waals surface area contributed by atoms with Crippen molar-refractivity contribution in [1.82, 2.24) is 0 Å². The van der Waals surface area contributed by atoms with Gasteiger partial charge in [-0.05, 0) is 37.8 Å². The molecule has 0 nitrogen and oxygen atoms in total. The van der Waals surface area contributed by atoms with Gasteiger partial charge < -0.3 is 0 Å². The van der Waals surface area contributed by atoms with Gasteiger partial charge in [0.2, 0.25) is 0 Å². The first-order valence-corrected chi connectivity index (χ1v) is 5.86. The molecule has 0 N–H and O–H groups in total. The van der Waals surface area contributed by atoms with Crippen LogP contribution in [0, 0.1) is 0 Å². The Morgan fingerprint density at radius 3 is 1.31 bits per heavy atom. The van der Waals surface area contributed by atoms with Crippen molar-refractivity contribution in [3.8, 4) is 0 Å². The van der Waals surface area contributed by atoms with Crippen molar-refractivity contribution in [2.24, 2.45) is 0 Å². The molecule has 0 heterocycles. The SMILES string of the molecule is CC(CCC(C)=C1C=CC=C1)=C1C=CC=C1. The standard InChI is InChI=1S/C16H18/c1-13(15-7-3-4-8-15)11-12-14(2)16-9-5-6-10-16/h3-10H,11-12H2,1-2H3. The summed E-state index contributed by atoms with van der Waals surface area (Å²) >= 11 is 0. The zero-order valence-corrected chi connectivity index (χ0v) is 10.0. The molecule has 0 fully saturated rings. The van der Waals surface area contributed by atoms with Gasteiger partial charge in [-0.2, -0.15) is 0 Å². The van der Waals surface area contributed by atoms with E-state index in [-0.39, 0.29) is 0 Å². The lowest BCUT2D eigenvalue weighted by molar-refractivity contribution is 0.913. The molecule has 2 rings (SSSR count). The van der Waals surface area contributed by atoms with Crippen LogP contribution in [0.1, 0.15) is 26.7 Å². The van der Waals surface area contributed by atoms with Gasteiger partial charge in [-0.3, -0.25) is 0 Å². The van der Waals surface area contributed by atoms with Crippen LogP contribution in [0.15, 0.2) is 70.9 Å². The van der Waals surface area contributed by atoms with E-state index in [0.29, 0.717) is 0 Å². The molecule has 0 unspecified atom stereocenters. The second kappa shape index (κ2) is 4.98. The summed E-state index contributed by atoms with van der Waals surface area (Å²) in [6.45, 7) is 4.46. The number of hydrogen-bond donors (Lipinski definition) is 0. The molecule has 0 radical (unpaired) electrons. The zero-order chi connectivity index (χ0) is 11.4. The van der Waals surface area contributed by atoms with E-state index in [1.807, 2.05) is 0 Å². The molecule has 2 aliphatic carbocycles. The zero-order valence-electron chi connectivity index (χ0n) is 10.0. The third-order valence-corrected chi connectivity index (χ3v) is 3.19. The van der Waals surface area contributed by atoms with E-state index >= 15 is 0 Å². The van der Waals surface area contributed by atoms with Crippen molar-refractivity contribution in [1.29, 1.82) is 0 Å². The van der Waals surface area contributed by atoms with E-state index in [9.17, 15) is 0 Å². The van der Waals surface area contributed by atoms with Crippen LogP contribution < -0.4 is 0 Å². The van der Waals surface area contributed by atoms with E-state index in [1.165, 1.54) is 22.3 Å². The summed E-state index contributed by atoms with van der Waals surface area (Å²) in [6.07, 6.45) is 19.5.